The van der Waals surface area contributed by atoms with Crippen molar-refractivity contribution < 1.29 is 32.6 Å². The number of hydrogen-bond acceptors (Lipinski definition) is 7. The second-order valence-corrected chi connectivity index (χ2v) is 6.69. The molecule has 1 aromatic carbocycles. The highest BCUT2D eigenvalue weighted by atomic mass is 31.2. The average Bonchev–Trinajstić information content (AvgIpc) is 2.59. The first-order valence-corrected chi connectivity index (χ1v) is 9.50. The lowest BCUT2D eigenvalue weighted by atomic mass is 10.2. The van der Waals surface area contributed by atoms with Gasteiger partial charge in [-0.05, 0) is 44.5 Å². The van der Waals surface area contributed by atoms with Crippen molar-refractivity contribution in [2.24, 2.45) is 0 Å². The molecule has 0 bridgehead atoms. The standard InChI is InChI=1S/C17H25O7P/c1-6-22-17(18)16(25(19,23-7-2)24-8-3)12-13-9-10-14(20-4)15(11-13)21-5/h9-12H,6-8H2,1-5H3/b16-12-. The maximum Gasteiger partial charge on any atom is 0.368 e. The van der Waals surface area contributed by atoms with E-state index in [9.17, 15) is 9.36 Å². The molecule has 0 spiro atoms. The third-order valence-corrected chi connectivity index (χ3v) is 5.19. The summed E-state index contributed by atoms with van der Waals surface area (Å²) in [7, 11) is -0.782. The van der Waals surface area contributed by atoms with Gasteiger partial charge in [-0.15, -0.1) is 0 Å². The van der Waals surface area contributed by atoms with Crippen LogP contribution in [0.4, 0.5) is 0 Å². The number of esters is 1. The van der Waals surface area contributed by atoms with E-state index in [-0.39, 0.29) is 25.1 Å². The fourth-order valence-corrected chi connectivity index (χ4v) is 3.70. The Morgan fingerprint density at radius 2 is 1.60 bits per heavy atom. The van der Waals surface area contributed by atoms with Crippen LogP contribution in [0.15, 0.2) is 23.5 Å². The molecule has 0 aliphatic heterocycles. The van der Waals surface area contributed by atoms with E-state index >= 15 is 0 Å². The summed E-state index contributed by atoms with van der Waals surface area (Å²) in [6.45, 7) is 5.40. The van der Waals surface area contributed by atoms with Gasteiger partial charge in [0.15, 0.2) is 11.5 Å². The van der Waals surface area contributed by atoms with Crippen LogP contribution in [0.2, 0.25) is 0 Å². The first kappa shape index (κ1) is 21.2. The van der Waals surface area contributed by atoms with Crippen molar-refractivity contribution in [2.45, 2.75) is 20.8 Å². The molecule has 0 unspecified atom stereocenters. The number of rotatable bonds is 10. The van der Waals surface area contributed by atoms with Crippen LogP contribution in [0.1, 0.15) is 26.3 Å². The summed E-state index contributed by atoms with van der Waals surface area (Å²) in [6, 6.07) is 5.03. The molecule has 0 heterocycles. The Hall–Kier alpha value is -1.82. The fraction of sp³-hybridized carbons (Fsp3) is 0.471. The minimum Gasteiger partial charge on any atom is -0.493 e. The lowest BCUT2D eigenvalue weighted by Crippen LogP contribution is -2.11. The number of ether oxygens (including phenoxy) is 3. The molecule has 0 aliphatic rings. The molecule has 25 heavy (non-hydrogen) atoms. The van der Waals surface area contributed by atoms with Gasteiger partial charge in [0.05, 0.1) is 34.0 Å². The summed E-state index contributed by atoms with van der Waals surface area (Å²) in [5, 5.41) is -0.162. The first-order chi connectivity index (χ1) is 11.9. The summed E-state index contributed by atoms with van der Waals surface area (Å²) in [4.78, 5) is 12.3. The van der Waals surface area contributed by atoms with Crippen molar-refractivity contribution in [1.82, 2.24) is 0 Å². The van der Waals surface area contributed by atoms with Crippen LogP contribution in [-0.2, 0) is 23.1 Å². The normalized spacial score (nSPS) is 12.0. The maximum atomic E-state index is 13.0. The van der Waals surface area contributed by atoms with Gasteiger partial charge in [0, 0.05) is 0 Å². The number of hydrogen-bond donors (Lipinski definition) is 0. The van der Waals surface area contributed by atoms with Gasteiger partial charge < -0.3 is 23.3 Å². The predicted octanol–water partition coefficient (Wildman–Crippen LogP) is 3.87. The van der Waals surface area contributed by atoms with Crippen molar-refractivity contribution in [3.05, 3.63) is 29.1 Å². The smallest absolute Gasteiger partial charge is 0.368 e. The van der Waals surface area contributed by atoms with Crippen LogP contribution in [0.3, 0.4) is 0 Å². The molecule has 140 valence electrons. The van der Waals surface area contributed by atoms with Crippen LogP contribution < -0.4 is 9.47 Å². The van der Waals surface area contributed by atoms with E-state index in [2.05, 4.69) is 0 Å². The molecular weight excluding hydrogens is 347 g/mol. The Labute approximate surface area is 148 Å². The zero-order chi connectivity index (χ0) is 18.9. The SMILES string of the molecule is CCOC(=O)/C(=C/c1ccc(OC)c(OC)c1)P(=O)(OCC)OCC. The van der Waals surface area contributed by atoms with Crippen LogP contribution >= 0.6 is 7.60 Å². The van der Waals surface area contributed by atoms with E-state index < -0.39 is 13.6 Å². The van der Waals surface area contributed by atoms with Gasteiger partial charge in [-0.3, -0.25) is 4.57 Å². The van der Waals surface area contributed by atoms with E-state index in [1.54, 1.807) is 39.0 Å². The van der Waals surface area contributed by atoms with Crippen LogP contribution in [0.25, 0.3) is 6.08 Å². The topological polar surface area (TPSA) is 80.3 Å². The predicted molar refractivity (Wildman–Crippen MR) is 95.0 cm³/mol. The Kier molecular flexibility index (Phi) is 8.69. The molecule has 0 aliphatic carbocycles. The molecule has 0 saturated carbocycles. The van der Waals surface area contributed by atoms with E-state index in [4.69, 9.17) is 23.3 Å². The van der Waals surface area contributed by atoms with Gasteiger partial charge in [-0.25, -0.2) is 4.79 Å². The highest BCUT2D eigenvalue weighted by Gasteiger charge is 2.36. The zero-order valence-electron chi connectivity index (χ0n) is 15.2. The van der Waals surface area contributed by atoms with Gasteiger partial charge >= 0.3 is 13.6 Å². The van der Waals surface area contributed by atoms with Crippen molar-refractivity contribution in [1.29, 1.82) is 0 Å². The molecule has 0 N–H and O–H groups in total. The van der Waals surface area contributed by atoms with Crippen LogP contribution in [0.5, 0.6) is 11.5 Å². The molecule has 0 atom stereocenters. The molecular formula is C17H25O7P. The largest absolute Gasteiger partial charge is 0.493 e. The van der Waals surface area contributed by atoms with E-state index in [0.717, 1.165) is 0 Å². The van der Waals surface area contributed by atoms with E-state index in [1.807, 2.05) is 0 Å². The first-order valence-electron chi connectivity index (χ1n) is 7.96. The average molecular weight is 372 g/mol. The highest BCUT2D eigenvalue weighted by molar-refractivity contribution is 7.60. The highest BCUT2D eigenvalue weighted by Crippen LogP contribution is 2.57. The summed E-state index contributed by atoms with van der Waals surface area (Å²) in [5.74, 6) is 0.264. The molecule has 0 aromatic heterocycles. The fourth-order valence-electron chi connectivity index (χ4n) is 2.07. The molecule has 8 heteroatoms. The number of methoxy groups -OCH3 is 2. The van der Waals surface area contributed by atoms with Crippen molar-refractivity contribution >= 4 is 19.6 Å². The second kappa shape index (κ2) is 10.2. The summed E-state index contributed by atoms with van der Waals surface area (Å²) in [6.07, 6.45) is 1.42. The number of carbonyl (C=O) groups is 1. The Morgan fingerprint density at radius 3 is 2.08 bits per heavy atom. The Balaban J connectivity index is 3.43. The minimum atomic E-state index is -3.81. The van der Waals surface area contributed by atoms with E-state index in [1.165, 1.54) is 20.3 Å². The van der Waals surface area contributed by atoms with Gasteiger partial charge in [0.2, 0.25) is 0 Å². The third kappa shape index (κ3) is 5.59. The van der Waals surface area contributed by atoms with Crippen molar-refractivity contribution in [2.75, 3.05) is 34.0 Å². The lowest BCUT2D eigenvalue weighted by molar-refractivity contribution is -0.137. The summed E-state index contributed by atoms with van der Waals surface area (Å²) in [5.41, 5.74) is 0.570. The van der Waals surface area contributed by atoms with Crippen LogP contribution in [-0.4, -0.2) is 40.0 Å². The molecule has 7 nitrogen and oxygen atoms in total. The maximum absolute atomic E-state index is 13.0. The molecule has 1 rings (SSSR count). The Bertz CT molecular complexity index is 644. The summed E-state index contributed by atoms with van der Waals surface area (Å²) >= 11 is 0. The van der Waals surface area contributed by atoms with Gasteiger partial charge in [-0.1, -0.05) is 6.07 Å². The van der Waals surface area contributed by atoms with E-state index in [0.29, 0.717) is 17.1 Å². The monoisotopic (exact) mass is 372 g/mol. The quantitative estimate of drug-likeness (QED) is 0.350. The number of carbonyl (C=O) groups excluding carboxylic acids is 1. The second-order valence-electron chi connectivity index (χ2n) is 4.70. The molecule has 0 saturated heterocycles. The molecule has 1 aromatic rings. The van der Waals surface area contributed by atoms with Gasteiger partial charge in [0.1, 0.15) is 5.31 Å². The molecule has 0 amide bonds. The zero-order valence-corrected chi connectivity index (χ0v) is 16.1. The Morgan fingerprint density at radius 1 is 1.00 bits per heavy atom. The minimum absolute atomic E-state index is 0.125. The third-order valence-electron chi connectivity index (χ3n) is 3.09. The lowest BCUT2D eigenvalue weighted by Gasteiger charge is -2.19. The van der Waals surface area contributed by atoms with Gasteiger partial charge in [0.25, 0.3) is 0 Å². The number of benzene rings is 1. The van der Waals surface area contributed by atoms with Crippen LogP contribution in [0, 0.1) is 0 Å². The summed E-state index contributed by atoms with van der Waals surface area (Å²) < 4.78 is 39.1. The van der Waals surface area contributed by atoms with Crippen molar-refractivity contribution in [3.63, 3.8) is 0 Å². The van der Waals surface area contributed by atoms with Crippen molar-refractivity contribution in [3.8, 4) is 11.5 Å². The molecule has 0 radical (unpaired) electrons. The van der Waals surface area contributed by atoms with Gasteiger partial charge in [-0.2, -0.15) is 0 Å². The molecule has 0 fully saturated rings.